The monoisotopic (exact) mass is 247 g/mol. The van der Waals surface area contributed by atoms with E-state index in [0.717, 1.165) is 29.7 Å². The van der Waals surface area contributed by atoms with Gasteiger partial charge in [-0.15, -0.1) is 0 Å². The largest absolute Gasteiger partial charge is 0.264 e. The lowest BCUT2D eigenvalue weighted by Gasteiger charge is -2.07. The van der Waals surface area contributed by atoms with E-state index in [0.29, 0.717) is 11.0 Å². The second-order valence-electron chi connectivity index (χ2n) is 3.75. The van der Waals surface area contributed by atoms with Gasteiger partial charge < -0.3 is 0 Å². The van der Waals surface area contributed by atoms with Crippen molar-refractivity contribution in [2.24, 2.45) is 0 Å². The number of halogens is 1. The van der Waals surface area contributed by atoms with Crippen LogP contribution in [0.3, 0.4) is 0 Å². The summed E-state index contributed by atoms with van der Waals surface area (Å²) < 4.78 is 0. The molecule has 0 saturated carbocycles. The van der Waals surface area contributed by atoms with Gasteiger partial charge in [0, 0.05) is 23.7 Å². The van der Waals surface area contributed by atoms with Crippen LogP contribution in [-0.4, -0.2) is 15.0 Å². The van der Waals surface area contributed by atoms with Crippen molar-refractivity contribution in [3.63, 3.8) is 0 Å². The van der Waals surface area contributed by atoms with Crippen molar-refractivity contribution in [1.82, 2.24) is 15.0 Å². The number of aromatic nitrogens is 3. The minimum Gasteiger partial charge on any atom is -0.264 e. The summed E-state index contributed by atoms with van der Waals surface area (Å²) in [5.41, 5.74) is 3.11. The molecule has 3 nitrogen and oxygen atoms in total. The summed E-state index contributed by atoms with van der Waals surface area (Å²) in [5, 5.41) is 0.491. The molecule has 0 bridgehead atoms. The molecule has 2 heterocycles. The summed E-state index contributed by atoms with van der Waals surface area (Å²) in [6.07, 6.45) is 5.36. The highest BCUT2D eigenvalue weighted by molar-refractivity contribution is 6.29. The number of hydrogen-bond donors (Lipinski definition) is 0. The Morgan fingerprint density at radius 1 is 1.18 bits per heavy atom. The molecule has 88 valence electrons. The molecule has 0 radical (unpaired) electrons. The fourth-order valence-corrected chi connectivity index (χ4v) is 1.90. The average Bonchev–Trinajstić information content (AvgIpc) is 2.37. The molecule has 2 rings (SSSR count). The Hall–Kier alpha value is -1.48. The van der Waals surface area contributed by atoms with Gasteiger partial charge in [-0.2, -0.15) is 0 Å². The fraction of sp³-hybridized carbons (Fsp3) is 0.308. The third-order valence-electron chi connectivity index (χ3n) is 2.64. The van der Waals surface area contributed by atoms with Crippen LogP contribution >= 0.6 is 11.6 Å². The van der Waals surface area contributed by atoms with Crippen LogP contribution in [0.5, 0.6) is 0 Å². The zero-order valence-corrected chi connectivity index (χ0v) is 10.7. The molecule has 0 aliphatic rings. The van der Waals surface area contributed by atoms with E-state index in [9.17, 15) is 0 Å². The molecule has 17 heavy (non-hydrogen) atoms. The van der Waals surface area contributed by atoms with Gasteiger partial charge in [0.25, 0.3) is 0 Å². The maximum absolute atomic E-state index is 6.01. The number of hydrogen-bond acceptors (Lipinski definition) is 3. The summed E-state index contributed by atoms with van der Waals surface area (Å²) in [6, 6.07) is 3.74. The minimum atomic E-state index is 0.491. The van der Waals surface area contributed by atoms with E-state index >= 15 is 0 Å². The van der Waals surface area contributed by atoms with Gasteiger partial charge in [-0.05, 0) is 30.5 Å². The number of pyridine rings is 1. The number of aryl methyl sites for hydroxylation is 2. The smallest absolute Gasteiger partial charge is 0.161 e. The second kappa shape index (κ2) is 5.23. The fourth-order valence-electron chi connectivity index (χ4n) is 1.69. The standard InChI is InChI=1S/C13H14ClN3/c1-3-9-8-15-6-5-11(9)13-16-10(4-2)7-12(14)17-13/h5-8H,3-4H2,1-2H3. The summed E-state index contributed by atoms with van der Waals surface area (Å²) in [5.74, 6) is 0.689. The minimum absolute atomic E-state index is 0.491. The third-order valence-corrected chi connectivity index (χ3v) is 2.83. The Morgan fingerprint density at radius 2 is 2.00 bits per heavy atom. The Morgan fingerprint density at radius 3 is 2.71 bits per heavy atom. The summed E-state index contributed by atoms with van der Waals surface area (Å²) in [4.78, 5) is 12.9. The van der Waals surface area contributed by atoms with E-state index in [1.807, 2.05) is 12.3 Å². The maximum Gasteiger partial charge on any atom is 0.161 e. The van der Waals surface area contributed by atoms with Crippen LogP contribution in [0.1, 0.15) is 25.1 Å². The van der Waals surface area contributed by atoms with E-state index in [1.54, 1.807) is 12.3 Å². The lowest BCUT2D eigenvalue weighted by molar-refractivity contribution is 0.996. The third kappa shape index (κ3) is 2.61. The summed E-state index contributed by atoms with van der Waals surface area (Å²) in [6.45, 7) is 4.14. The number of rotatable bonds is 3. The van der Waals surface area contributed by atoms with Crippen molar-refractivity contribution in [3.8, 4) is 11.4 Å². The Bertz CT molecular complexity index is 526. The topological polar surface area (TPSA) is 38.7 Å². The highest BCUT2D eigenvalue weighted by Gasteiger charge is 2.08. The van der Waals surface area contributed by atoms with Crippen LogP contribution in [0.15, 0.2) is 24.5 Å². The molecule has 0 aromatic carbocycles. The van der Waals surface area contributed by atoms with Crippen LogP contribution in [0, 0.1) is 0 Å². The average molecular weight is 248 g/mol. The van der Waals surface area contributed by atoms with Gasteiger partial charge in [0.15, 0.2) is 5.82 Å². The van der Waals surface area contributed by atoms with Crippen LogP contribution in [0.4, 0.5) is 0 Å². The predicted molar refractivity (Wildman–Crippen MR) is 69.0 cm³/mol. The van der Waals surface area contributed by atoms with Gasteiger partial charge in [-0.3, -0.25) is 4.98 Å². The van der Waals surface area contributed by atoms with Crippen LogP contribution in [0.2, 0.25) is 5.15 Å². The molecule has 2 aromatic heterocycles. The Kier molecular flexibility index (Phi) is 3.69. The molecule has 0 atom stereocenters. The van der Waals surface area contributed by atoms with E-state index in [2.05, 4.69) is 28.8 Å². The molecule has 0 spiro atoms. The Balaban J connectivity index is 2.55. The molecule has 2 aromatic rings. The first kappa shape index (κ1) is 12.0. The highest BCUT2D eigenvalue weighted by atomic mass is 35.5. The van der Waals surface area contributed by atoms with Crippen molar-refractivity contribution in [1.29, 1.82) is 0 Å². The van der Waals surface area contributed by atoms with Gasteiger partial charge in [0.2, 0.25) is 0 Å². The highest BCUT2D eigenvalue weighted by Crippen LogP contribution is 2.22. The van der Waals surface area contributed by atoms with E-state index in [-0.39, 0.29) is 0 Å². The molecule has 0 N–H and O–H groups in total. The second-order valence-corrected chi connectivity index (χ2v) is 4.13. The van der Waals surface area contributed by atoms with E-state index < -0.39 is 0 Å². The molecule has 0 amide bonds. The first-order valence-electron chi connectivity index (χ1n) is 5.71. The van der Waals surface area contributed by atoms with Crippen molar-refractivity contribution >= 4 is 11.6 Å². The van der Waals surface area contributed by atoms with Crippen molar-refractivity contribution in [2.45, 2.75) is 26.7 Å². The lowest BCUT2D eigenvalue weighted by atomic mass is 10.1. The number of nitrogens with zero attached hydrogens (tertiary/aromatic N) is 3. The van der Waals surface area contributed by atoms with E-state index in [4.69, 9.17) is 11.6 Å². The van der Waals surface area contributed by atoms with Gasteiger partial charge in [0.1, 0.15) is 5.15 Å². The van der Waals surface area contributed by atoms with Crippen molar-refractivity contribution in [2.75, 3.05) is 0 Å². The molecule has 0 aliphatic heterocycles. The maximum atomic E-state index is 6.01. The van der Waals surface area contributed by atoms with Crippen LogP contribution < -0.4 is 0 Å². The molecule has 0 aliphatic carbocycles. The molecule has 4 heteroatoms. The summed E-state index contributed by atoms with van der Waals surface area (Å²) >= 11 is 6.01. The molecule has 0 unspecified atom stereocenters. The lowest BCUT2D eigenvalue weighted by Crippen LogP contribution is -1.98. The summed E-state index contributed by atoms with van der Waals surface area (Å²) in [7, 11) is 0. The van der Waals surface area contributed by atoms with Crippen molar-refractivity contribution < 1.29 is 0 Å². The normalized spacial score (nSPS) is 10.5. The van der Waals surface area contributed by atoms with Gasteiger partial charge in [-0.1, -0.05) is 25.4 Å². The van der Waals surface area contributed by atoms with Crippen LogP contribution in [0.25, 0.3) is 11.4 Å². The first-order chi connectivity index (χ1) is 8.24. The molecular weight excluding hydrogens is 234 g/mol. The molecule has 0 saturated heterocycles. The SMILES string of the molecule is CCc1cc(Cl)nc(-c2ccncc2CC)n1. The van der Waals surface area contributed by atoms with Crippen molar-refractivity contribution in [3.05, 3.63) is 40.9 Å². The quantitative estimate of drug-likeness (QED) is 0.781. The molecular formula is C13H14ClN3. The van der Waals surface area contributed by atoms with Crippen LogP contribution in [-0.2, 0) is 12.8 Å². The zero-order chi connectivity index (χ0) is 12.3. The van der Waals surface area contributed by atoms with E-state index in [1.165, 1.54) is 0 Å². The van der Waals surface area contributed by atoms with Gasteiger partial charge >= 0.3 is 0 Å². The first-order valence-corrected chi connectivity index (χ1v) is 6.09. The zero-order valence-electron chi connectivity index (χ0n) is 9.94. The van der Waals surface area contributed by atoms with Gasteiger partial charge in [-0.25, -0.2) is 9.97 Å². The van der Waals surface area contributed by atoms with Gasteiger partial charge in [0.05, 0.1) is 0 Å². The predicted octanol–water partition coefficient (Wildman–Crippen LogP) is 3.32. The molecule has 0 fully saturated rings. The Labute approximate surface area is 106 Å².